The first-order chi connectivity index (χ1) is 11.0. The van der Waals surface area contributed by atoms with E-state index in [1.54, 1.807) is 0 Å². The molecule has 2 heterocycles. The number of aromatic amines is 1. The van der Waals surface area contributed by atoms with Gasteiger partial charge >= 0.3 is 0 Å². The van der Waals surface area contributed by atoms with E-state index in [1.165, 1.54) is 17.8 Å². The van der Waals surface area contributed by atoms with Crippen LogP contribution in [-0.4, -0.2) is 26.0 Å². The number of aryl methyl sites for hydroxylation is 1. The molecule has 0 saturated heterocycles. The fourth-order valence-electron chi connectivity index (χ4n) is 2.52. The van der Waals surface area contributed by atoms with Crippen LogP contribution in [0.3, 0.4) is 0 Å². The number of fused-ring (bicyclic) bond motifs is 1. The second-order valence-corrected chi connectivity index (χ2v) is 6.60. The summed E-state index contributed by atoms with van der Waals surface area (Å²) in [7, 11) is 0. The average molecular weight is 327 g/mol. The van der Waals surface area contributed by atoms with Crippen LogP contribution in [0.1, 0.15) is 23.0 Å². The van der Waals surface area contributed by atoms with Crippen LogP contribution in [0.5, 0.6) is 0 Å². The Morgan fingerprint density at radius 3 is 2.57 bits per heavy atom. The molecule has 1 aromatic carbocycles. The lowest BCUT2D eigenvalue weighted by Crippen LogP contribution is -2.15. The van der Waals surface area contributed by atoms with Crippen molar-refractivity contribution in [3.05, 3.63) is 41.6 Å². The van der Waals surface area contributed by atoms with Gasteiger partial charge in [0.1, 0.15) is 11.6 Å². The number of hydrogen-bond donors (Lipinski definition) is 3. The molecule has 23 heavy (non-hydrogen) atoms. The molecular formula is C16H17N5OS. The van der Waals surface area contributed by atoms with Crippen LogP contribution in [-0.2, 0) is 0 Å². The van der Waals surface area contributed by atoms with Crippen molar-refractivity contribution in [2.45, 2.75) is 24.3 Å². The first-order valence-electron chi connectivity index (χ1n) is 7.14. The van der Waals surface area contributed by atoms with Crippen LogP contribution in [0.4, 0.5) is 11.6 Å². The van der Waals surface area contributed by atoms with Crippen molar-refractivity contribution < 1.29 is 4.79 Å². The molecule has 0 amide bonds. The van der Waals surface area contributed by atoms with Gasteiger partial charge in [-0.3, -0.25) is 4.79 Å². The largest absolute Gasteiger partial charge is 0.383 e. The summed E-state index contributed by atoms with van der Waals surface area (Å²) in [6.07, 6.45) is 0. The zero-order valence-corrected chi connectivity index (χ0v) is 13.6. The van der Waals surface area contributed by atoms with Crippen LogP contribution in [0.15, 0.2) is 35.5 Å². The molecular weight excluding hydrogens is 310 g/mol. The van der Waals surface area contributed by atoms with Crippen LogP contribution in [0.25, 0.3) is 10.9 Å². The Morgan fingerprint density at radius 2 is 1.87 bits per heavy atom. The lowest BCUT2D eigenvalue weighted by Gasteiger charge is -2.10. The molecule has 0 fully saturated rings. The minimum absolute atomic E-state index is 0.0227. The lowest BCUT2D eigenvalue weighted by atomic mass is 10.1. The number of rotatable bonds is 4. The van der Waals surface area contributed by atoms with Crippen molar-refractivity contribution in [3.63, 3.8) is 0 Å². The van der Waals surface area contributed by atoms with E-state index in [0.717, 1.165) is 16.6 Å². The molecule has 3 rings (SSSR count). The molecule has 118 valence electrons. The number of H-pyrrole nitrogens is 1. The van der Waals surface area contributed by atoms with E-state index in [9.17, 15) is 4.79 Å². The lowest BCUT2D eigenvalue weighted by molar-refractivity contribution is 0.0995. The normalized spacial score (nSPS) is 12.4. The summed E-state index contributed by atoms with van der Waals surface area (Å²) in [5, 5.41) is 0.977. The summed E-state index contributed by atoms with van der Waals surface area (Å²) >= 11 is 1.25. The van der Waals surface area contributed by atoms with E-state index in [1.807, 2.05) is 38.1 Å². The van der Waals surface area contributed by atoms with Crippen molar-refractivity contribution in [3.8, 4) is 0 Å². The number of Topliss-reactive ketones (excluding diaryl/α,β-unsaturated/α-hetero) is 1. The van der Waals surface area contributed by atoms with E-state index < -0.39 is 0 Å². The van der Waals surface area contributed by atoms with Crippen LogP contribution < -0.4 is 11.5 Å². The van der Waals surface area contributed by atoms with Gasteiger partial charge in [-0.1, -0.05) is 30.0 Å². The molecule has 2 aromatic heterocycles. The van der Waals surface area contributed by atoms with Crippen molar-refractivity contribution in [1.82, 2.24) is 15.0 Å². The second-order valence-electron chi connectivity index (χ2n) is 5.30. The van der Waals surface area contributed by atoms with Crippen molar-refractivity contribution in [2.75, 3.05) is 11.5 Å². The maximum Gasteiger partial charge on any atom is 0.192 e. The van der Waals surface area contributed by atoms with E-state index in [4.69, 9.17) is 11.5 Å². The van der Waals surface area contributed by atoms with Gasteiger partial charge in [-0.15, -0.1) is 0 Å². The number of carbonyl (C=O) groups excluding carboxylic acids is 1. The van der Waals surface area contributed by atoms with Crippen molar-refractivity contribution in [2.24, 2.45) is 0 Å². The number of thioether (sulfide) groups is 1. The molecule has 6 nitrogen and oxygen atoms in total. The molecule has 0 aliphatic heterocycles. The minimum atomic E-state index is -0.353. The number of hydrogen-bond acceptors (Lipinski definition) is 6. The van der Waals surface area contributed by atoms with Gasteiger partial charge < -0.3 is 16.5 Å². The second kappa shape index (κ2) is 5.92. The first-order valence-corrected chi connectivity index (χ1v) is 8.02. The van der Waals surface area contributed by atoms with E-state index in [2.05, 4.69) is 15.0 Å². The van der Waals surface area contributed by atoms with Crippen LogP contribution in [0, 0.1) is 6.92 Å². The molecule has 0 bridgehead atoms. The predicted octanol–water partition coefficient (Wildman–Crippen LogP) is 2.79. The van der Waals surface area contributed by atoms with Gasteiger partial charge in [0, 0.05) is 28.2 Å². The molecule has 0 spiro atoms. The summed E-state index contributed by atoms with van der Waals surface area (Å²) in [6.45, 7) is 3.73. The Labute approximate surface area is 137 Å². The number of anilines is 2. The van der Waals surface area contributed by atoms with Gasteiger partial charge in [0.15, 0.2) is 10.9 Å². The number of para-hydroxylation sites is 1. The monoisotopic (exact) mass is 327 g/mol. The van der Waals surface area contributed by atoms with Gasteiger partial charge in [0.25, 0.3) is 0 Å². The van der Waals surface area contributed by atoms with Gasteiger partial charge in [-0.25, -0.2) is 9.97 Å². The highest BCUT2D eigenvalue weighted by atomic mass is 32.2. The molecule has 5 N–H and O–H groups in total. The Balaban J connectivity index is 1.91. The number of ketones is 1. The number of nitrogens with one attached hydrogen (secondary N) is 1. The van der Waals surface area contributed by atoms with Crippen molar-refractivity contribution in [1.29, 1.82) is 0 Å². The Kier molecular flexibility index (Phi) is 3.96. The van der Waals surface area contributed by atoms with E-state index in [-0.39, 0.29) is 11.0 Å². The third-order valence-corrected chi connectivity index (χ3v) is 4.50. The molecule has 3 aromatic rings. The quantitative estimate of drug-likeness (QED) is 0.386. The third-order valence-electron chi connectivity index (χ3n) is 3.54. The summed E-state index contributed by atoms with van der Waals surface area (Å²) in [6, 6.07) is 9.25. The number of nitrogens with two attached hydrogens (primary N) is 2. The Morgan fingerprint density at radius 1 is 1.22 bits per heavy atom. The number of benzene rings is 1. The summed E-state index contributed by atoms with van der Waals surface area (Å²) < 4.78 is 0. The summed E-state index contributed by atoms with van der Waals surface area (Å²) in [5.74, 6) is 0.611. The molecule has 7 heteroatoms. The first kappa shape index (κ1) is 15.4. The highest BCUT2D eigenvalue weighted by Gasteiger charge is 2.23. The number of nitrogen functional groups attached to an aromatic ring is 2. The smallest absolute Gasteiger partial charge is 0.192 e. The highest BCUT2D eigenvalue weighted by Crippen LogP contribution is 2.29. The zero-order valence-electron chi connectivity index (χ0n) is 12.8. The fraction of sp³-hybridized carbons (Fsp3) is 0.188. The molecule has 1 atom stereocenters. The van der Waals surface area contributed by atoms with Gasteiger partial charge in [0.05, 0.1) is 5.25 Å². The fourth-order valence-corrected chi connectivity index (χ4v) is 3.38. The Bertz CT molecular complexity index is 869. The van der Waals surface area contributed by atoms with Crippen molar-refractivity contribution >= 4 is 40.1 Å². The van der Waals surface area contributed by atoms with E-state index in [0.29, 0.717) is 22.4 Å². The van der Waals surface area contributed by atoms with Gasteiger partial charge in [0.2, 0.25) is 0 Å². The maximum absolute atomic E-state index is 12.9. The number of carbonyl (C=O) groups is 1. The topological polar surface area (TPSA) is 111 Å². The van der Waals surface area contributed by atoms with Crippen LogP contribution >= 0.6 is 11.8 Å². The number of nitrogens with zero attached hydrogens (tertiary/aromatic N) is 2. The summed E-state index contributed by atoms with van der Waals surface area (Å²) in [5.41, 5.74) is 13.9. The maximum atomic E-state index is 12.9. The van der Waals surface area contributed by atoms with Gasteiger partial charge in [-0.2, -0.15) is 0 Å². The molecule has 0 saturated carbocycles. The third kappa shape index (κ3) is 3.00. The van der Waals surface area contributed by atoms with Crippen LogP contribution in [0.2, 0.25) is 0 Å². The van der Waals surface area contributed by atoms with E-state index >= 15 is 0 Å². The SMILES string of the molecule is Cc1[nH]c2ccccc2c1C(=O)C(C)Sc1nc(N)cc(N)n1. The molecule has 1 unspecified atom stereocenters. The Hall–Kier alpha value is -2.54. The minimum Gasteiger partial charge on any atom is -0.383 e. The highest BCUT2D eigenvalue weighted by molar-refractivity contribution is 8.00. The van der Waals surface area contributed by atoms with Gasteiger partial charge in [-0.05, 0) is 19.9 Å². The molecule has 0 radical (unpaired) electrons. The average Bonchev–Trinajstić information content (AvgIpc) is 2.81. The predicted molar refractivity (Wildman–Crippen MR) is 93.5 cm³/mol. The summed E-state index contributed by atoms with van der Waals surface area (Å²) in [4.78, 5) is 24.3. The molecule has 0 aliphatic rings. The molecule has 0 aliphatic carbocycles. The zero-order chi connectivity index (χ0) is 16.6. The number of aromatic nitrogens is 3. The standard InChI is InChI=1S/C16H17N5OS/c1-8-14(10-5-3-4-6-11(10)19-8)15(22)9(2)23-16-20-12(17)7-13(18)21-16/h3-7,9,19H,1-2H3,(H4,17,18,20,21).